The second kappa shape index (κ2) is 5.38. The number of benzene rings is 1. The molecule has 1 aromatic rings. The van der Waals surface area contributed by atoms with Crippen molar-refractivity contribution in [2.75, 3.05) is 0 Å². The van der Waals surface area contributed by atoms with E-state index in [2.05, 4.69) is 0 Å². The van der Waals surface area contributed by atoms with E-state index in [1.807, 2.05) is 0 Å². The number of carbonyl (C=O) groups excluding carboxylic acids is 1. The molecule has 0 unspecified atom stereocenters. The Bertz CT molecular complexity index is 373. The molecule has 15 heavy (non-hydrogen) atoms. The molecule has 0 bridgehead atoms. The minimum Gasteiger partial charge on any atom is -0.508 e. The largest absolute Gasteiger partial charge is 0.508 e. The van der Waals surface area contributed by atoms with E-state index in [0.29, 0.717) is 6.07 Å². The standard InChI is InChI=1S/C7H4ClF3O.CHNO/c8-6-2-1-4(12)3-5(6)7(9,10)11;2-1-3/h1-3,12H;2H. The van der Waals surface area contributed by atoms with Crippen molar-refractivity contribution in [1.29, 1.82) is 5.41 Å². The maximum Gasteiger partial charge on any atom is 0.417 e. The molecule has 0 aliphatic heterocycles. The summed E-state index contributed by atoms with van der Waals surface area (Å²) in [6.07, 6.45) is -3.77. The number of hydrogen-bond acceptors (Lipinski definition) is 3. The number of rotatable bonds is 0. The molecule has 0 saturated carbocycles. The van der Waals surface area contributed by atoms with Crippen molar-refractivity contribution in [3.8, 4) is 5.75 Å². The van der Waals surface area contributed by atoms with Gasteiger partial charge in [0, 0.05) is 0 Å². The molecule has 3 nitrogen and oxygen atoms in total. The molecule has 82 valence electrons. The average molecular weight is 240 g/mol. The molecule has 1 rings (SSSR count). The number of isocyanates is 1. The third kappa shape index (κ3) is 4.49. The molecule has 0 heterocycles. The Labute approximate surface area is 87.6 Å². The molecule has 0 aliphatic rings. The Morgan fingerprint density at radius 3 is 2.20 bits per heavy atom. The van der Waals surface area contributed by atoms with Gasteiger partial charge < -0.3 is 5.11 Å². The SMILES string of the molecule is N=C=O.Oc1ccc(Cl)c(C(F)(F)F)c1. The van der Waals surface area contributed by atoms with Crippen LogP contribution >= 0.6 is 11.6 Å². The quantitative estimate of drug-likeness (QED) is 0.540. The van der Waals surface area contributed by atoms with Gasteiger partial charge in [0.25, 0.3) is 0 Å². The number of nitrogens with one attached hydrogen (secondary N) is 1. The third-order valence-electron chi connectivity index (χ3n) is 1.26. The highest BCUT2D eigenvalue weighted by molar-refractivity contribution is 6.31. The van der Waals surface area contributed by atoms with Gasteiger partial charge in [-0.05, 0) is 18.2 Å². The van der Waals surface area contributed by atoms with Crippen LogP contribution in [0.2, 0.25) is 5.02 Å². The fourth-order valence-corrected chi connectivity index (χ4v) is 0.955. The van der Waals surface area contributed by atoms with E-state index in [4.69, 9.17) is 26.9 Å². The molecule has 0 saturated heterocycles. The highest BCUT2D eigenvalue weighted by atomic mass is 35.5. The summed E-state index contributed by atoms with van der Waals surface area (Å²) in [4.78, 5) is 8.35. The lowest BCUT2D eigenvalue weighted by atomic mass is 10.2. The minimum atomic E-state index is -4.52. The van der Waals surface area contributed by atoms with E-state index >= 15 is 0 Å². The first-order valence-corrected chi connectivity index (χ1v) is 3.80. The highest BCUT2D eigenvalue weighted by Gasteiger charge is 2.33. The predicted octanol–water partition coefficient (Wildman–Crippen LogP) is 2.97. The fourth-order valence-electron chi connectivity index (χ4n) is 0.730. The molecule has 0 fully saturated rings. The van der Waals surface area contributed by atoms with Gasteiger partial charge in [-0.15, -0.1) is 0 Å². The zero-order valence-corrected chi connectivity index (χ0v) is 7.86. The molecule has 1 aromatic carbocycles. The van der Waals surface area contributed by atoms with Gasteiger partial charge in [-0.3, -0.25) is 0 Å². The van der Waals surface area contributed by atoms with Crippen LogP contribution in [-0.2, 0) is 11.0 Å². The molecule has 0 aromatic heterocycles. The van der Waals surface area contributed by atoms with Crippen molar-refractivity contribution in [3.63, 3.8) is 0 Å². The van der Waals surface area contributed by atoms with Crippen LogP contribution in [0.4, 0.5) is 13.2 Å². The lowest BCUT2D eigenvalue weighted by Crippen LogP contribution is -2.05. The highest BCUT2D eigenvalue weighted by Crippen LogP contribution is 2.36. The summed E-state index contributed by atoms with van der Waals surface area (Å²) >= 11 is 5.25. The molecule has 2 N–H and O–H groups in total. The second-order valence-corrected chi connectivity index (χ2v) is 2.67. The Morgan fingerprint density at radius 2 is 1.87 bits per heavy atom. The van der Waals surface area contributed by atoms with E-state index in [9.17, 15) is 13.2 Å². The van der Waals surface area contributed by atoms with Gasteiger partial charge in [-0.25, -0.2) is 10.2 Å². The first-order chi connectivity index (χ1) is 6.82. The Kier molecular flexibility index (Phi) is 4.84. The number of alkyl halides is 3. The van der Waals surface area contributed by atoms with Crippen molar-refractivity contribution in [3.05, 3.63) is 28.8 Å². The van der Waals surface area contributed by atoms with E-state index in [0.717, 1.165) is 18.2 Å². The first kappa shape index (κ1) is 13.5. The van der Waals surface area contributed by atoms with Crippen LogP contribution < -0.4 is 0 Å². The van der Waals surface area contributed by atoms with Crippen molar-refractivity contribution >= 4 is 17.7 Å². The Balaban J connectivity index is 0.000000583. The van der Waals surface area contributed by atoms with E-state index in [-0.39, 0.29) is 0 Å². The third-order valence-corrected chi connectivity index (χ3v) is 1.58. The van der Waals surface area contributed by atoms with Gasteiger partial charge in [-0.1, -0.05) is 11.6 Å². The summed E-state index contributed by atoms with van der Waals surface area (Å²) in [5.41, 5.74) is -1.02. The summed E-state index contributed by atoms with van der Waals surface area (Å²) in [5.74, 6) is -0.452. The fraction of sp³-hybridized carbons (Fsp3) is 0.125. The van der Waals surface area contributed by atoms with Crippen LogP contribution in [0.5, 0.6) is 5.75 Å². The molecule has 0 amide bonds. The van der Waals surface area contributed by atoms with Crippen molar-refractivity contribution in [2.45, 2.75) is 6.18 Å². The number of aromatic hydroxyl groups is 1. The van der Waals surface area contributed by atoms with Crippen LogP contribution in [0.15, 0.2) is 18.2 Å². The van der Waals surface area contributed by atoms with Gasteiger partial charge in [0.05, 0.1) is 10.6 Å². The first-order valence-electron chi connectivity index (χ1n) is 3.42. The molecule has 0 aliphatic carbocycles. The predicted molar refractivity (Wildman–Crippen MR) is 46.5 cm³/mol. The van der Waals surface area contributed by atoms with Gasteiger partial charge in [-0.2, -0.15) is 13.2 Å². The lowest BCUT2D eigenvalue weighted by Gasteiger charge is -2.08. The maximum atomic E-state index is 12.0. The second-order valence-electron chi connectivity index (χ2n) is 2.26. The summed E-state index contributed by atoms with van der Waals surface area (Å²) in [5, 5.41) is 13.7. The van der Waals surface area contributed by atoms with Crippen LogP contribution in [-0.4, -0.2) is 11.2 Å². The smallest absolute Gasteiger partial charge is 0.417 e. The van der Waals surface area contributed by atoms with Crippen LogP contribution in [0, 0.1) is 5.41 Å². The summed E-state index contributed by atoms with van der Waals surface area (Å²) in [7, 11) is 0. The zero-order valence-electron chi connectivity index (χ0n) is 7.10. The summed E-state index contributed by atoms with van der Waals surface area (Å²) in [6.45, 7) is 0. The Morgan fingerprint density at radius 1 is 1.40 bits per heavy atom. The van der Waals surface area contributed by atoms with Crippen molar-refractivity contribution in [2.24, 2.45) is 0 Å². The van der Waals surface area contributed by atoms with E-state index in [1.165, 1.54) is 0 Å². The van der Waals surface area contributed by atoms with Gasteiger partial charge in [0.1, 0.15) is 5.75 Å². The van der Waals surface area contributed by atoms with E-state index < -0.39 is 22.5 Å². The van der Waals surface area contributed by atoms with Crippen molar-refractivity contribution < 1.29 is 23.1 Å². The van der Waals surface area contributed by atoms with Crippen molar-refractivity contribution in [1.82, 2.24) is 0 Å². The Hall–Kier alpha value is -1.52. The molecule has 0 radical (unpaired) electrons. The van der Waals surface area contributed by atoms with Crippen LogP contribution in [0.25, 0.3) is 0 Å². The van der Waals surface area contributed by atoms with Crippen LogP contribution in [0.1, 0.15) is 5.56 Å². The summed E-state index contributed by atoms with van der Waals surface area (Å²) in [6, 6.07) is 2.68. The monoisotopic (exact) mass is 239 g/mol. The normalized spacial score (nSPS) is 9.87. The molecule has 0 atom stereocenters. The van der Waals surface area contributed by atoms with E-state index in [1.54, 1.807) is 0 Å². The number of hydrogen-bond donors (Lipinski definition) is 2. The van der Waals surface area contributed by atoms with Gasteiger partial charge >= 0.3 is 6.18 Å². The summed E-state index contributed by atoms with van der Waals surface area (Å²) < 4.78 is 36.1. The van der Waals surface area contributed by atoms with Gasteiger partial charge in [0.15, 0.2) is 0 Å². The number of phenolic OH excluding ortho intramolecular Hbond substituents is 1. The number of phenols is 1. The number of halogens is 4. The van der Waals surface area contributed by atoms with Crippen LogP contribution in [0.3, 0.4) is 0 Å². The maximum absolute atomic E-state index is 12.0. The molecule has 7 heteroatoms. The topological polar surface area (TPSA) is 61.2 Å². The molecular weight excluding hydrogens is 235 g/mol. The molecular formula is C8H5ClF3NO2. The lowest BCUT2D eigenvalue weighted by molar-refractivity contribution is -0.137. The zero-order chi connectivity index (χ0) is 12.1. The molecule has 0 spiro atoms. The van der Waals surface area contributed by atoms with Gasteiger partial charge in [0.2, 0.25) is 6.08 Å². The average Bonchev–Trinajstić information content (AvgIpc) is 2.09. The minimum absolute atomic E-state index is 0.416.